The van der Waals surface area contributed by atoms with Gasteiger partial charge >= 0.3 is 0 Å². The summed E-state index contributed by atoms with van der Waals surface area (Å²) in [7, 11) is 0. The molecule has 0 unspecified atom stereocenters. The Balaban J connectivity index is 1.08. The van der Waals surface area contributed by atoms with Gasteiger partial charge in [0.05, 0.1) is 0 Å². The molecule has 0 saturated carbocycles. The molecule has 10 aromatic rings. The highest BCUT2D eigenvalue weighted by atomic mass is 16.3. The third kappa shape index (κ3) is 4.87. The molecule has 50 heavy (non-hydrogen) atoms. The molecule has 0 aliphatic carbocycles. The number of pyridine rings is 1. The summed E-state index contributed by atoms with van der Waals surface area (Å²) >= 11 is 0. The maximum atomic E-state index is 6.49. The monoisotopic (exact) mass is 638 g/mol. The van der Waals surface area contributed by atoms with Gasteiger partial charge in [-0.15, -0.1) is 0 Å². The molecule has 0 spiro atoms. The number of anilines is 3. The fourth-order valence-corrected chi connectivity index (χ4v) is 7.28. The second-order valence-electron chi connectivity index (χ2n) is 12.9. The molecule has 2 aromatic heterocycles. The summed E-state index contributed by atoms with van der Waals surface area (Å²) in [4.78, 5) is 6.61. The van der Waals surface area contributed by atoms with Gasteiger partial charge < -0.3 is 9.32 Å². The number of rotatable bonds is 5. The summed E-state index contributed by atoms with van der Waals surface area (Å²) in [5, 5.41) is 9.40. The first-order valence-corrected chi connectivity index (χ1v) is 16.9. The molecule has 0 bridgehead atoms. The standard InChI is InChI=1S/C47H30N2O/c1-3-7-35-25-37(11-9-31(35)5-1)33-13-17-41(18-14-33)49(42-19-15-34(16-20-42)38-12-10-32-6-2-4-8-36(32)26-38)43-21-22-44-45-27-39-23-24-48-30-40(39)28-46(45)50-47(44)29-43/h1-30H. The molecule has 0 atom stereocenters. The van der Waals surface area contributed by atoms with Gasteiger partial charge in [-0.25, -0.2) is 0 Å². The van der Waals surface area contributed by atoms with E-state index in [1.54, 1.807) is 0 Å². The molecular weight excluding hydrogens is 609 g/mol. The Labute approximate surface area is 289 Å². The van der Waals surface area contributed by atoms with Crippen LogP contribution in [0.4, 0.5) is 17.1 Å². The lowest BCUT2D eigenvalue weighted by molar-refractivity contribution is 0.669. The van der Waals surface area contributed by atoms with Gasteiger partial charge in [0.15, 0.2) is 0 Å². The van der Waals surface area contributed by atoms with Crippen molar-refractivity contribution in [2.75, 3.05) is 4.90 Å². The average molecular weight is 639 g/mol. The van der Waals surface area contributed by atoms with Gasteiger partial charge in [0.25, 0.3) is 0 Å². The van der Waals surface area contributed by atoms with Gasteiger partial charge in [0.2, 0.25) is 0 Å². The summed E-state index contributed by atoms with van der Waals surface area (Å²) in [6.45, 7) is 0. The van der Waals surface area contributed by atoms with Gasteiger partial charge in [-0.1, -0.05) is 97.1 Å². The number of benzene rings is 8. The van der Waals surface area contributed by atoms with Crippen LogP contribution in [0, 0.1) is 0 Å². The summed E-state index contributed by atoms with van der Waals surface area (Å²) in [5.74, 6) is 0. The minimum absolute atomic E-state index is 0.853. The van der Waals surface area contributed by atoms with Crippen LogP contribution in [0.1, 0.15) is 0 Å². The number of hydrogen-bond donors (Lipinski definition) is 0. The Morgan fingerprint density at radius 2 is 0.880 bits per heavy atom. The van der Waals surface area contributed by atoms with Crippen LogP contribution in [0.5, 0.6) is 0 Å². The normalized spacial score (nSPS) is 11.6. The average Bonchev–Trinajstić information content (AvgIpc) is 3.53. The second-order valence-corrected chi connectivity index (χ2v) is 12.9. The van der Waals surface area contributed by atoms with Crippen molar-refractivity contribution in [1.29, 1.82) is 0 Å². The Hall–Kier alpha value is -6.71. The van der Waals surface area contributed by atoms with E-state index in [1.165, 1.54) is 43.8 Å². The first-order valence-electron chi connectivity index (χ1n) is 16.9. The highest BCUT2D eigenvalue weighted by Crippen LogP contribution is 2.40. The number of hydrogen-bond acceptors (Lipinski definition) is 3. The van der Waals surface area contributed by atoms with Crippen molar-refractivity contribution in [3.05, 3.63) is 182 Å². The maximum absolute atomic E-state index is 6.49. The predicted molar refractivity (Wildman–Crippen MR) is 210 cm³/mol. The van der Waals surface area contributed by atoms with E-state index in [0.29, 0.717) is 0 Å². The Morgan fingerprint density at radius 1 is 0.360 bits per heavy atom. The van der Waals surface area contributed by atoms with E-state index in [2.05, 4.69) is 174 Å². The second kappa shape index (κ2) is 11.5. The fraction of sp³-hybridized carbons (Fsp3) is 0. The minimum atomic E-state index is 0.853. The molecule has 8 aromatic carbocycles. The van der Waals surface area contributed by atoms with Crippen LogP contribution in [-0.2, 0) is 0 Å². The van der Waals surface area contributed by atoms with Crippen molar-refractivity contribution in [2.24, 2.45) is 0 Å². The third-order valence-electron chi connectivity index (χ3n) is 9.89. The lowest BCUT2D eigenvalue weighted by Crippen LogP contribution is -2.09. The van der Waals surface area contributed by atoms with Crippen LogP contribution in [-0.4, -0.2) is 4.98 Å². The van der Waals surface area contributed by atoms with Crippen LogP contribution in [0.3, 0.4) is 0 Å². The summed E-state index contributed by atoms with van der Waals surface area (Å²) in [6, 6.07) is 61.0. The van der Waals surface area contributed by atoms with E-state index in [4.69, 9.17) is 4.42 Å². The quantitative estimate of drug-likeness (QED) is 0.188. The van der Waals surface area contributed by atoms with E-state index in [1.807, 2.05) is 18.5 Å². The van der Waals surface area contributed by atoms with Crippen molar-refractivity contribution in [2.45, 2.75) is 0 Å². The first-order chi connectivity index (χ1) is 24.7. The van der Waals surface area contributed by atoms with Crippen molar-refractivity contribution in [3.8, 4) is 22.3 Å². The molecule has 2 heterocycles. The number of fused-ring (bicyclic) bond motifs is 6. The first kappa shape index (κ1) is 28.3. The zero-order valence-corrected chi connectivity index (χ0v) is 27.1. The fourth-order valence-electron chi connectivity index (χ4n) is 7.28. The SMILES string of the molecule is c1ccc2cc(-c3ccc(N(c4ccc(-c5ccc6ccccc6c5)cc4)c4ccc5c(c4)oc4cc6cnccc6cc45)cc3)ccc2c1. The molecule has 0 aliphatic rings. The molecule has 0 radical (unpaired) electrons. The lowest BCUT2D eigenvalue weighted by atomic mass is 10.00. The third-order valence-corrected chi connectivity index (χ3v) is 9.89. The van der Waals surface area contributed by atoms with E-state index in [9.17, 15) is 0 Å². The summed E-state index contributed by atoms with van der Waals surface area (Å²) in [6.07, 6.45) is 3.72. The molecular formula is C47H30N2O. The van der Waals surface area contributed by atoms with Crippen LogP contribution < -0.4 is 4.90 Å². The predicted octanol–water partition coefficient (Wildman–Crippen LogP) is 13.2. The summed E-state index contributed by atoms with van der Waals surface area (Å²) < 4.78 is 6.49. The molecule has 3 heteroatoms. The minimum Gasteiger partial charge on any atom is -0.456 e. The molecule has 10 rings (SSSR count). The van der Waals surface area contributed by atoms with Crippen LogP contribution >= 0.6 is 0 Å². The Kier molecular flexibility index (Phi) is 6.49. The van der Waals surface area contributed by atoms with Crippen molar-refractivity contribution in [3.63, 3.8) is 0 Å². The zero-order valence-electron chi connectivity index (χ0n) is 27.1. The smallest absolute Gasteiger partial charge is 0.137 e. The van der Waals surface area contributed by atoms with Crippen molar-refractivity contribution >= 4 is 71.3 Å². The molecule has 0 N–H and O–H groups in total. The van der Waals surface area contributed by atoms with Crippen molar-refractivity contribution in [1.82, 2.24) is 4.98 Å². The van der Waals surface area contributed by atoms with Crippen LogP contribution in [0.2, 0.25) is 0 Å². The largest absolute Gasteiger partial charge is 0.456 e. The van der Waals surface area contributed by atoms with Crippen LogP contribution in [0.25, 0.3) is 76.5 Å². The zero-order chi connectivity index (χ0) is 33.0. The Bertz CT molecular complexity index is 2750. The maximum Gasteiger partial charge on any atom is 0.137 e. The molecule has 3 nitrogen and oxygen atoms in total. The van der Waals surface area contributed by atoms with Gasteiger partial charge in [0, 0.05) is 51.7 Å². The highest BCUT2D eigenvalue weighted by molar-refractivity contribution is 6.10. The van der Waals surface area contributed by atoms with Gasteiger partial charge in [-0.05, 0) is 116 Å². The van der Waals surface area contributed by atoms with E-state index >= 15 is 0 Å². The number of aromatic nitrogens is 1. The van der Waals surface area contributed by atoms with E-state index in [0.717, 1.165) is 49.8 Å². The van der Waals surface area contributed by atoms with E-state index in [-0.39, 0.29) is 0 Å². The molecule has 0 saturated heterocycles. The molecule has 0 amide bonds. The van der Waals surface area contributed by atoms with Crippen LogP contribution in [0.15, 0.2) is 187 Å². The topological polar surface area (TPSA) is 29.3 Å². The van der Waals surface area contributed by atoms with Gasteiger partial charge in [0.1, 0.15) is 11.2 Å². The molecule has 0 fully saturated rings. The lowest BCUT2D eigenvalue weighted by Gasteiger charge is -2.26. The number of nitrogens with zero attached hydrogens (tertiary/aromatic N) is 2. The van der Waals surface area contributed by atoms with Gasteiger partial charge in [-0.2, -0.15) is 0 Å². The molecule has 234 valence electrons. The number of furan rings is 1. The Morgan fingerprint density at radius 3 is 1.50 bits per heavy atom. The van der Waals surface area contributed by atoms with Gasteiger partial charge in [-0.3, -0.25) is 4.98 Å². The molecule has 0 aliphatic heterocycles. The highest BCUT2D eigenvalue weighted by Gasteiger charge is 2.17. The summed E-state index contributed by atoms with van der Waals surface area (Å²) in [5.41, 5.74) is 9.65. The van der Waals surface area contributed by atoms with E-state index < -0.39 is 0 Å². The van der Waals surface area contributed by atoms with Crippen molar-refractivity contribution < 1.29 is 4.42 Å².